The molecule has 0 N–H and O–H groups in total. The number of hydrogen-bond acceptors (Lipinski definition) is 5. The lowest BCUT2D eigenvalue weighted by Gasteiger charge is -2.28. The Morgan fingerprint density at radius 1 is 1.03 bits per heavy atom. The SMILES string of the molecule is O=C(c1cc(Cn2ncc(=O)c3cccc(F)c32)ccc1F)N1CCn2c(nnc2C(F)(F)F)C1. The van der Waals surface area contributed by atoms with Crippen molar-refractivity contribution in [1.29, 1.82) is 0 Å². The Balaban J connectivity index is 1.43. The molecule has 0 spiro atoms. The average Bonchev–Trinajstić information content (AvgIpc) is 3.26. The van der Waals surface area contributed by atoms with Crippen LogP contribution >= 0.6 is 0 Å². The van der Waals surface area contributed by atoms with Gasteiger partial charge in [0.15, 0.2) is 5.82 Å². The van der Waals surface area contributed by atoms with Crippen molar-refractivity contribution in [3.8, 4) is 0 Å². The number of hydrogen-bond donors (Lipinski definition) is 0. The molecule has 0 fully saturated rings. The van der Waals surface area contributed by atoms with Crippen LogP contribution in [0.3, 0.4) is 0 Å². The molecule has 0 unspecified atom stereocenters. The molecule has 0 saturated carbocycles. The molecule has 1 aliphatic heterocycles. The molecule has 2 aromatic heterocycles. The second-order valence-corrected chi connectivity index (χ2v) is 7.93. The van der Waals surface area contributed by atoms with Gasteiger partial charge in [0, 0.05) is 13.1 Å². The molecule has 1 aliphatic rings. The molecular formula is C22H15F5N6O2. The Morgan fingerprint density at radius 3 is 2.60 bits per heavy atom. The third kappa shape index (κ3) is 4.02. The number of nitrogens with zero attached hydrogens (tertiary/aromatic N) is 6. The molecular weight excluding hydrogens is 475 g/mol. The monoisotopic (exact) mass is 490 g/mol. The van der Waals surface area contributed by atoms with Crippen molar-refractivity contribution < 1.29 is 26.7 Å². The number of halogens is 5. The van der Waals surface area contributed by atoms with Crippen LogP contribution in [0.2, 0.25) is 0 Å². The van der Waals surface area contributed by atoms with Gasteiger partial charge in [-0.1, -0.05) is 12.1 Å². The van der Waals surface area contributed by atoms with Crippen LogP contribution in [-0.2, 0) is 25.8 Å². The minimum atomic E-state index is -4.68. The molecule has 8 nitrogen and oxygen atoms in total. The van der Waals surface area contributed by atoms with Crippen LogP contribution in [0.5, 0.6) is 0 Å². The van der Waals surface area contributed by atoms with Crippen molar-refractivity contribution in [1.82, 2.24) is 29.4 Å². The summed E-state index contributed by atoms with van der Waals surface area (Å²) in [7, 11) is 0. The fourth-order valence-corrected chi connectivity index (χ4v) is 4.06. The third-order valence-electron chi connectivity index (χ3n) is 5.71. The third-order valence-corrected chi connectivity index (χ3v) is 5.71. The number of benzene rings is 2. The van der Waals surface area contributed by atoms with Crippen molar-refractivity contribution >= 4 is 16.8 Å². The molecule has 4 aromatic rings. The number of alkyl halides is 3. The van der Waals surface area contributed by atoms with E-state index in [0.29, 0.717) is 5.56 Å². The number of carbonyl (C=O) groups excluding carboxylic acids is 1. The zero-order valence-corrected chi connectivity index (χ0v) is 17.8. The lowest BCUT2D eigenvalue weighted by molar-refractivity contribution is -0.147. The van der Waals surface area contributed by atoms with Gasteiger partial charge in [0.25, 0.3) is 5.91 Å². The summed E-state index contributed by atoms with van der Waals surface area (Å²) >= 11 is 0. The summed E-state index contributed by atoms with van der Waals surface area (Å²) in [6.07, 6.45) is -3.64. The molecule has 5 rings (SSSR count). The maximum absolute atomic E-state index is 14.6. The standard InChI is InChI=1S/C22H15F5N6O2/c23-15-5-4-12(10-33-19-13(17(34)9-28-33)2-1-3-16(19)24)8-14(15)20(35)31-6-7-32-18(11-31)29-30-21(32)22(25,26)27/h1-5,8-9H,6-7,10-11H2. The maximum atomic E-state index is 14.6. The van der Waals surface area contributed by atoms with E-state index < -0.39 is 35.0 Å². The summed E-state index contributed by atoms with van der Waals surface area (Å²) in [6, 6.07) is 7.76. The van der Waals surface area contributed by atoms with Crippen LogP contribution < -0.4 is 5.43 Å². The van der Waals surface area contributed by atoms with Crippen molar-refractivity contribution in [3.05, 3.63) is 87.2 Å². The minimum Gasteiger partial charge on any atom is -0.329 e. The summed E-state index contributed by atoms with van der Waals surface area (Å²) < 4.78 is 70.3. The van der Waals surface area contributed by atoms with Crippen molar-refractivity contribution in [2.24, 2.45) is 0 Å². The molecule has 0 saturated heterocycles. The van der Waals surface area contributed by atoms with E-state index in [-0.39, 0.29) is 48.5 Å². The van der Waals surface area contributed by atoms with Gasteiger partial charge >= 0.3 is 6.18 Å². The summed E-state index contributed by atoms with van der Waals surface area (Å²) in [5.41, 5.74) is -0.405. The van der Waals surface area contributed by atoms with Crippen molar-refractivity contribution in [2.75, 3.05) is 6.54 Å². The Hall–Kier alpha value is -4.16. The van der Waals surface area contributed by atoms with E-state index in [4.69, 9.17) is 0 Å². The van der Waals surface area contributed by atoms with Gasteiger partial charge in [-0.25, -0.2) is 8.78 Å². The first-order valence-electron chi connectivity index (χ1n) is 10.3. The van der Waals surface area contributed by atoms with Crippen LogP contribution in [0, 0.1) is 11.6 Å². The smallest absolute Gasteiger partial charge is 0.329 e. The number of aromatic nitrogens is 5. The topological polar surface area (TPSA) is 85.9 Å². The first kappa shape index (κ1) is 22.6. The molecule has 180 valence electrons. The van der Waals surface area contributed by atoms with E-state index in [1.165, 1.54) is 39.9 Å². The summed E-state index contributed by atoms with van der Waals surface area (Å²) in [5, 5.41) is 10.8. The fraction of sp³-hybridized carbons (Fsp3) is 0.227. The number of fused-ring (bicyclic) bond motifs is 2. The summed E-state index contributed by atoms with van der Waals surface area (Å²) in [4.78, 5) is 26.2. The Morgan fingerprint density at radius 2 is 1.83 bits per heavy atom. The van der Waals surface area contributed by atoms with E-state index in [1.807, 2.05) is 0 Å². The van der Waals surface area contributed by atoms with Crippen LogP contribution in [-0.4, -0.2) is 41.9 Å². The number of para-hydroxylation sites is 1. The van der Waals surface area contributed by atoms with Gasteiger partial charge in [0.2, 0.25) is 11.3 Å². The first-order chi connectivity index (χ1) is 16.6. The minimum absolute atomic E-state index is 0.0342. The second kappa shape index (κ2) is 8.25. The van der Waals surface area contributed by atoms with Gasteiger partial charge in [-0.2, -0.15) is 18.3 Å². The molecule has 3 heterocycles. The molecule has 1 amide bonds. The Labute approximate surface area is 193 Å². The number of rotatable bonds is 3. The summed E-state index contributed by atoms with van der Waals surface area (Å²) in [5.74, 6) is -3.45. The number of amides is 1. The average molecular weight is 490 g/mol. The highest BCUT2D eigenvalue weighted by atomic mass is 19.4. The van der Waals surface area contributed by atoms with Gasteiger partial charge in [0.1, 0.15) is 17.2 Å². The first-order valence-corrected chi connectivity index (χ1v) is 10.3. The molecule has 35 heavy (non-hydrogen) atoms. The summed E-state index contributed by atoms with van der Waals surface area (Å²) in [6.45, 7) is -0.644. The second-order valence-electron chi connectivity index (χ2n) is 7.93. The highest BCUT2D eigenvalue weighted by Crippen LogP contribution is 2.30. The van der Waals surface area contributed by atoms with Crippen molar-refractivity contribution in [2.45, 2.75) is 25.8 Å². The largest absolute Gasteiger partial charge is 0.451 e. The molecule has 0 bridgehead atoms. The predicted molar refractivity (Wildman–Crippen MR) is 111 cm³/mol. The van der Waals surface area contributed by atoms with Gasteiger partial charge in [-0.05, 0) is 29.8 Å². The van der Waals surface area contributed by atoms with Crippen LogP contribution in [0.1, 0.15) is 27.6 Å². The van der Waals surface area contributed by atoms with E-state index in [1.54, 1.807) is 0 Å². The van der Waals surface area contributed by atoms with E-state index >= 15 is 0 Å². The van der Waals surface area contributed by atoms with Crippen molar-refractivity contribution in [3.63, 3.8) is 0 Å². The van der Waals surface area contributed by atoms with Gasteiger partial charge in [-0.3, -0.25) is 14.3 Å². The normalized spacial score (nSPS) is 13.8. The zero-order chi connectivity index (χ0) is 24.9. The fourth-order valence-electron chi connectivity index (χ4n) is 4.06. The number of carbonyl (C=O) groups is 1. The van der Waals surface area contributed by atoms with E-state index in [2.05, 4.69) is 15.3 Å². The van der Waals surface area contributed by atoms with Crippen LogP contribution in [0.15, 0.2) is 47.4 Å². The Bertz CT molecular complexity index is 1530. The lowest BCUT2D eigenvalue weighted by Crippen LogP contribution is -2.39. The van der Waals surface area contributed by atoms with Gasteiger partial charge in [-0.15, -0.1) is 10.2 Å². The Kier molecular flexibility index (Phi) is 5.33. The highest BCUT2D eigenvalue weighted by molar-refractivity contribution is 5.94. The van der Waals surface area contributed by atoms with E-state index in [9.17, 15) is 31.5 Å². The molecule has 0 atom stereocenters. The van der Waals surface area contributed by atoms with Crippen LogP contribution in [0.4, 0.5) is 22.0 Å². The molecule has 13 heteroatoms. The zero-order valence-electron chi connectivity index (χ0n) is 17.8. The molecule has 0 radical (unpaired) electrons. The van der Waals surface area contributed by atoms with Crippen LogP contribution in [0.25, 0.3) is 10.9 Å². The molecule has 0 aliphatic carbocycles. The predicted octanol–water partition coefficient (Wildman–Crippen LogP) is 2.99. The molecule has 2 aromatic carbocycles. The quantitative estimate of drug-likeness (QED) is 0.413. The lowest BCUT2D eigenvalue weighted by atomic mass is 10.1. The highest BCUT2D eigenvalue weighted by Gasteiger charge is 2.40. The van der Waals surface area contributed by atoms with E-state index in [0.717, 1.165) is 16.8 Å². The van der Waals surface area contributed by atoms with Gasteiger partial charge < -0.3 is 9.47 Å². The maximum Gasteiger partial charge on any atom is 0.451 e. The van der Waals surface area contributed by atoms with Gasteiger partial charge in [0.05, 0.1) is 30.2 Å².